The molecule has 0 aliphatic heterocycles. The average molecular weight is 573 g/mol. The van der Waals surface area contributed by atoms with Gasteiger partial charge >= 0.3 is 6.03 Å². The summed E-state index contributed by atoms with van der Waals surface area (Å²) in [5.74, 6) is 0.758. The van der Waals surface area contributed by atoms with Gasteiger partial charge in [0.15, 0.2) is 6.10 Å². The molecule has 2 unspecified atom stereocenters. The molecule has 4 amide bonds. The van der Waals surface area contributed by atoms with E-state index in [2.05, 4.69) is 21.3 Å². The lowest BCUT2D eigenvalue weighted by Gasteiger charge is -2.26. The lowest BCUT2D eigenvalue weighted by atomic mass is 10.0. The number of nitrogens with one attached hydrogen (secondary N) is 4. The van der Waals surface area contributed by atoms with Crippen LogP contribution in [0.4, 0.5) is 4.79 Å². The molecule has 41 heavy (non-hydrogen) atoms. The summed E-state index contributed by atoms with van der Waals surface area (Å²) >= 11 is 0. The highest BCUT2D eigenvalue weighted by Crippen LogP contribution is 2.22. The Labute approximate surface area is 242 Å². The highest BCUT2D eigenvalue weighted by atomic mass is 16.5. The second-order valence-corrected chi connectivity index (χ2v) is 10.2. The van der Waals surface area contributed by atoms with Gasteiger partial charge in [-0.2, -0.15) is 0 Å². The quantitative estimate of drug-likeness (QED) is 0.221. The Balaban J connectivity index is 2.00. The molecule has 5 N–H and O–H groups in total. The first kappa shape index (κ1) is 33.2. The summed E-state index contributed by atoms with van der Waals surface area (Å²) in [4.78, 5) is 38.7. The molecule has 0 aliphatic rings. The SMILES string of the molecule is CCC(NC(=O)[C@H](CC(C)C)NC(=O)NCc1ccc(C)cc1OC)C(O)C(=O)NCc1cc(OC)cc(OC)c1. The first-order chi connectivity index (χ1) is 19.5. The van der Waals surface area contributed by atoms with Crippen molar-refractivity contribution in [2.45, 2.75) is 71.8 Å². The van der Waals surface area contributed by atoms with Gasteiger partial charge < -0.3 is 40.6 Å². The van der Waals surface area contributed by atoms with Gasteiger partial charge in [0.25, 0.3) is 5.91 Å². The van der Waals surface area contributed by atoms with Gasteiger partial charge in [0.05, 0.1) is 27.4 Å². The van der Waals surface area contributed by atoms with Crippen molar-refractivity contribution >= 4 is 17.8 Å². The molecule has 11 heteroatoms. The smallest absolute Gasteiger partial charge is 0.315 e. The summed E-state index contributed by atoms with van der Waals surface area (Å²) in [6.45, 7) is 7.90. The van der Waals surface area contributed by atoms with Crippen LogP contribution in [0.5, 0.6) is 17.2 Å². The molecular formula is C30H44N4O7. The molecule has 0 saturated carbocycles. The monoisotopic (exact) mass is 572 g/mol. The van der Waals surface area contributed by atoms with Gasteiger partial charge in [0.1, 0.15) is 23.3 Å². The summed E-state index contributed by atoms with van der Waals surface area (Å²) in [6, 6.07) is 8.62. The van der Waals surface area contributed by atoms with Crippen molar-refractivity contribution in [1.82, 2.24) is 21.3 Å². The summed E-state index contributed by atoms with van der Waals surface area (Å²) in [7, 11) is 4.62. The van der Waals surface area contributed by atoms with Crippen molar-refractivity contribution in [2.24, 2.45) is 5.92 Å². The maximum absolute atomic E-state index is 13.2. The Bertz CT molecular complexity index is 1150. The number of urea groups is 1. The molecule has 0 saturated heterocycles. The molecule has 2 rings (SSSR count). The molecule has 0 spiro atoms. The van der Waals surface area contributed by atoms with E-state index in [4.69, 9.17) is 14.2 Å². The number of benzene rings is 2. The fourth-order valence-corrected chi connectivity index (χ4v) is 4.22. The van der Waals surface area contributed by atoms with Gasteiger partial charge in [0, 0.05) is 24.7 Å². The summed E-state index contributed by atoms with van der Waals surface area (Å²) in [5, 5.41) is 21.7. The Hall–Kier alpha value is -3.99. The van der Waals surface area contributed by atoms with Crippen LogP contribution in [-0.2, 0) is 22.7 Å². The summed E-state index contributed by atoms with van der Waals surface area (Å²) in [5.41, 5.74) is 2.55. The first-order valence-electron chi connectivity index (χ1n) is 13.7. The van der Waals surface area contributed by atoms with Gasteiger partial charge in [-0.1, -0.05) is 32.9 Å². The second-order valence-electron chi connectivity index (χ2n) is 10.2. The molecular weight excluding hydrogens is 528 g/mol. The number of carbonyl (C=O) groups excluding carboxylic acids is 3. The zero-order valence-corrected chi connectivity index (χ0v) is 25.0. The highest BCUT2D eigenvalue weighted by molar-refractivity contribution is 5.88. The predicted octanol–water partition coefficient (Wildman–Crippen LogP) is 2.81. The molecule has 3 atom stereocenters. The number of methoxy groups -OCH3 is 3. The number of amides is 4. The number of hydrogen-bond acceptors (Lipinski definition) is 7. The largest absolute Gasteiger partial charge is 0.497 e. The van der Waals surface area contributed by atoms with Crippen LogP contribution in [0, 0.1) is 12.8 Å². The minimum atomic E-state index is -1.50. The van der Waals surface area contributed by atoms with Crippen molar-refractivity contribution in [3.05, 3.63) is 53.1 Å². The number of aryl methyl sites for hydroxylation is 1. The van der Waals surface area contributed by atoms with E-state index >= 15 is 0 Å². The summed E-state index contributed by atoms with van der Waals surface area (Å²) in [6.07, 6.45) is -0.844. The Morgan fingerprint density at radius 3 is 2.07 bits per heavy atom. The van der Waals surface area contributed by atoms with Gasteiger partial charge in [0.2, 0.25) is 5.91 Å². The molecule has 0 bridgehead atoms. The number of aliphatic hydroxyl groups is 1. The minimum Gasteiger partial charge on any atom is -0.497 e. The van der Waals surface area contributed by atoms with Crippen molar-refractivity contribution in [2.75, 3.05) is 21.3 Å². The van der Waals surface area contributed by atoms with E-state index in [-0.39, 0.29) is 19.0 Å². The topological polar surface area (TPSA) is 147 Å². The highest BCUT2D eigenvalue weighted by Gasteiger charge is 2.30. The molecule has 0 heterocycles. The number of aliphatic hydroxyl groups excluding tert-OH is 1. The van der Waals surface area contributed by atoms with Crippen LogP contribution in [0.2, 0.25) is 0 Å². The third-order valence-corrected chi connectivity index (χ3v) is 6.51. The molecule has 0 aromatic heterocycles. The molecule has 2 aromatic carbocycles. The molecule has 0 fully saturated rings. The van der Waals surface area contributed by atoms with Crippen molar-refractivity contribution in [1.29, 1.82) is 0 Å². The molecule has 0 aliphatic carbocycles. The molecule has 2 aromatic rings. The van der Waals surface area contributed by atoms with Crippen LogP contribution in [0.25, 0.3) is 0 Å². The fraction of sp³-hybridized carbons (Fsp3) is 0.500. The third-order valence-electron chi connectivity index (χ3n) is 6.51. The fourth-order valence-electron chi connectivity index (χ4n) is 4.22. The van der Waals surface area contributed by atoms with Crippen LogP contribution >= 0.6 is 0 Å². The Morgan fingerprint density at radius 2 is 1.51 bits per heavy atom. The van der Waals surface area contributed by atoms with Crippen LogP contribution in [0.1, 0.15) is 50.3 Å². The average Bonchev–Trinajstić information content (AvgIpc) is 2.96. The van der Waals surface area contributed by atoms with E-state index in [0.29, 0.717) is 35.7 Å². The Kier molecular flexibility index (Phi) is 13.2. The zero-order valence-electron chi connectivity index (χ0n) is 25.0. The van der Waals surface area contributed by atoms with Crippen LogP contribution in [0.3, 0.4) is 0 Å². The Morgan fingerprint density at radius 1 is 0.854 bits per heavy atom. The van der Waals surface area contributed by atoms with E-state index in [1.165, 1.54) is 14.2 Å². The number of ether oxygens (including phenoxy) is 3. The molecule has 0 radical (unpaired) electrons. The maximum atomic E-state index is 13.2. The first-order valence-corrected chi connectivity index (χ1v) is 13.7. The van der Waals surface area contributed by atoms with Crippen LogP contribution < -0.4 is 35.5 Å². The van der Waals surface area contributed by atoms with Gasteiger partial charge in [-0.15, -0.1) is 0 Å². The normalized spacial score (nSPS) is 13.0. The zero-order chi connectivity index (χ0) is 30.5. The number of hydrogen-bond donors (Lipinski definition) is 5. The van der Waals surface area contributed by atoms with Crippen molar-refractivity contribution in [3.8, 4) is 17.2 Å². The maximum Gasteiger partial charge on any atom is 0.315 e. The van der Waals surface area contributed by atoms with E-state index in [9.17, 15) is 19.5 Å². The number of rotatable bonds is 15. The second kappa shape index (κ2) is 16.3. The predicted molar refractivity (Wildman–Crippen MR) is 156 cm³/mol. The lowest BCUT2D eigenvalue weighted by molar-refractivity contribution is -0.132. The molecule has 11 nitrogen and oxygen atoms in total. The lowest BCUT2D eigenvalue weighted by Crippen LogP contribution is -2.56. The standard InChI is InChI=1S/C30H44N4O7/c1-8-24(27(35)29(37)31-16-20-13-22(39-5)15-23(14-20)40-6)33-28(36)25(11-18(2)3)34-30(38)32-17-21-10-9-19(4)12-26(21)41-7/h9-10,12-15,18,24-25,27,35H,8,11,16-17H2,1-7H3,(H,31,37)(H,33,36)(H2,32,34,38)/t24?,25-,27?/m0/s1. The van der Waals surface area contributed by atoms with Crippen LogP contribution in [-0.4, -0.2) is 62.5 Å². The minimum absolute atomic E-state index is 0.0939. The van der Waals surface area contributed by atoms with Gasteiger partial charge in [-0.3, -0.25) is 9.59 Å². The van der Waals surface area contributed by atoms with Crippen molar-refractivity contribution < 1.29 is 33.7 Å². The third kappa shape index (κ3) is 10.5. The van der Waals surface area contributed by atoms with E-state index in [1.54, 1.807) is 32.2 Å². The molecule has 226 valence electrons. The van der Waals surface area contributed by atoms with Gasteiger partial charge in [-0.05, 0) is 55.0 Å². The van der Waals surface area contributed by atoms with Crippen molar-refractivity contribution in [3.63, 3.8) is 0 Å². The van der Waals surface area contributed by atoms with E-state index in [1.807, 2.05) is 39.0 Å². The van der Waals surface area contributed by atoms with E-state index in [0.717, 1.165) is 11.1 Å². The van der Waals surface area contributed by atoms with E-state index < -0.39 is 36.0 Å². The van der Waals surface area contributed by atoms with Gasteiger partial charge in [-0.25, -0.2) is 4.79 Å². The van der Waals surface area contributed by atoms with Crippen LogP contribution in [0.15, 0.2) is 36.4 Å². The number of carbonyl (C=O) groups is 3. The summed E-state index contributed by atoms with van der Waals surface area (Å²) < 4.78 is 15.9.